The fraction of sp³-hybridized carbons (Fsp3) is 0.158. The summed E-state index contributed by atoms with van der Waals surface area (Å²) in [6, 6.07) is 73.4. The molecule has 59 heavy (non-hydrogen) atoms. The minimum absolute atomic E-state index is 0.435. The molecule has 8 aromatic rings. The molecule has 290 valence electrons. The zero-order chi connectivity index (χ0) is 40.3. The number of para-hydroxylation sites is 1. The molecule has 2 nitrogen and oxygen atoms in total. The van der Waals surface area contributed by atoms with Gasteiger partial charge in [-0.3, -0.25) is 0 Å². The molecule has 0 saturated carbocycles. The van der Waals surface area contributed by atoms with Gasteiger partial charge in [0.1, 0.15) is 12.4 Å². The molecule has 0 saturated heterocycles. The van der Waals surface area contributed by atoms with Gasteiger partial charge in [0.05, 0.1) is 5.41 Å². The molecule has 0 radical (unpaired) electrons. The molecule has 1 aliphatic rings. The molecule has 9 rings (SSSR count). The summed E-state index contributed by atoms with van der Waals surface area (Å²) >= 11 is 0. The van der Waals surface area contributed by atoms with Gasteiger partial charge in [-0.2, -0.15) is 0 Å². The van der Waals surface area contributed by atoms with Crippen LogP contribution in [0.5, 0.6) is 5.75 Å². The van der Waals surface area contributed by atoms with E-state index in [0.29, 0.717) is 18.4 Å². The fourth-order valence-electron chi connectivity index (χ4n) is 8.92. The van der Waals surface area contributed by atoms with Crippen molar-refractivity contribution in [2.24, 2.45) is 0 Å². The van der Waals surface area contributed by atoms with Gasteiger partial charge in [-0.15, -0.1) is 0 Å². The van der Waals surface area contributed by atoms with Gasteiger partial charge in [-0.05, 0) is 128 Å². The molecule has 0 spiro atoms. The SMILES string of the molecule is CCC(C)c1ccc(COc2ccc(C3(c4ccc(C(C)C)cc4)c4ccccc4-c4ccc(N(c5ccccc5)c5ccc(-c6ccccc6)cc5)cc43)cc2)cc1. The lowest BCUT2D eigenvalue weighted by Gasteiger charge is -2.35. The van der Waals surface area contributed by atoms with Crippen molar-refractivity contribution >= 4 is 17.1 Å². The molecule has 1 aliphatic carbocycles. The highest BCUT2D eigenvalue weighted by Gasteiger charge is 2.46. The molecule has 0 amide bonds. The topological polar surface area (TPSA) is 12.5 Å². The molecule has 0 aromatic heterocycles. The maximum absolute atomic E-state index is 6.43. The highest BCUT2D eigenvalue weighted by atomic mass is 16.5. The predicted octanol–water partition coefficient (Wildman–Crippen LogP) is 15.4. The summed E-state index contributed by atoms with van der Waals surface area (Å²) in [7, 11) is 0. The molecule has 2 heteroatoms. The van der Waals surface area contributed by atoms with E-state index >= 15 is 0 Å². The Morgan fingerprint density at radius 3 is 1.68 bits per heavy atom. The molecule has 0 fully saturated rings. The molecular weight excluding hydrogens is 715 g/mol. The van der Waals surface area contributed by atoms with E-state index in [0.717, 1.165) is 29.2 Å². The van der Waals surface area contributed by atoms with E-state index in [9.17, 15) is 0 Å². The van der Waals surface area contributed by atoms with Crippen LogP contribution in [0.1, 0.15) is 84.9 Å². The van der Waals surface area contributed by atoms with Crippen molar-refractivity contribution in [2.75, 3.05) is 4.90 Å². The van der Waals surface area contributed by atoms with Crippen LogP contribution < -0.4 is 9.64 Å². The first-order valence-corrected chi connectivity index (χ1v) is 21.1. The number of benzene rings is 8. The Kier molecular flexibility index (Phi) is 10.5. The number of hydrogen-bond acceptors (Lipinski definition) is 2. The average Bonchev–Trinajstić information content (AvgIpc) is 3.59. The van der Waals surface area contributed by atoms with Crippen molar-refractivity contribution in [3.8, 4) is 28.0 Å². The van der Waals surface area contributed by atoms with Gasteiger partial charge in [0.2, 0.25) is 0 Å². The summed E-state index contributed by atoms with van der Waals surface area (Å²) in [5.41, 5.74) is 16.6. The first kappa shape index (κ1) is 37.9. The Hall–Kier alpha value is -6.64. The number of ether oxygens (including phenoxy) is 1. The molecule has 2 unspecified atom stereocenters. The molecular formula is C57H51NO. The van der Waals surface area contributed by atoms with E-state index < -0.39 is 5.41 Å². The van der Waals surface area contributed by atoms with Crippen molar-refractivity contribution in [3.05, 3.63) is 239 Å². The molecule has 0 bridgehead atoms. The van der Waals surface area contributed by atoms with E-state index in [1.165, 1.54) is 61.2 Å². The standard InChI is InChI=1S/C57H51NO/c1-5-41(4)44-22-20-42(21-23-44)39-59-52-35-30-48(31-36-52)57(47-28-24-43(25-29-47)40(2)3)55-19-13-12-18-53(55)54-37-34-51(38-56(54)57)58(49-16-10-7-11-17-49)50-32-26-46(27-33-50)45-14-8-6-9-15-45/h6-38,40-41H,5,39H2,1-4H3. The maximum atomic E-state index is 6.43. The molecule has 0 aliphatic heterocycles. The van der Waals surface area contributed by atoms with Crippen LogP contribution in [0.4, 0.5) is 17.1 Å². The Morgan fingerprint density at radius 1 is 0.475 bits per heavy atom. The zero-order valence-electron chi connectivity index (χ0n) is 34.5. The second-order valence-electron chi connectivity index (χ2n) is 16.2. The summed E-state index contributed by atoms with van der Waals surface area (Å²) in [5.74, 6) is 1.85. The lowest BCUT2D eigenvalue weighted by Crippen LogP contribution is -2.29. The van der Waals surface area contributed by atoms with Crippen LogP contribution in [0, 0.1) is 0 Å². The van der Waals surface area contributed by atoms with Gasteiger partial charge in [0.25, 0.3) is 0 Å². The van der Waals surface area contributed by atoms with Crippen LogP contribution in [0.25, 0.3) is 22.3 Å². The van der Waals surface area contributed by atoms with Crippen LogP contribution in [0.3, 0.4) is 0 Å². The van der Waals surface area contributed by atoms with Gasteiger partial charge in [-0.25, -0.2) is 0 Å². The average molecular weight is 766 g/mol. The number of fused-ring (bicyclic) bond motifs is 3. The smallest absolute Gasteiger partial charge is 0.119 e. The van der Waals surface area contributed by atoms with E-state index in [1.807, 2.05) is 0 Å². The van der Waals surface area contributed by atoms with Crippen molar-refractivity contribution in [1.29, 1.82) is 0 Å². The van der Waals surface area contributed by atoms with E-state index in [1.54, 1.807) is 0 Å². The number of rotatable bonds is 12. The predicted molar refractivity (Wildman–Crippen MR) is 247 cm³/mol. The summed E-state index contributed by atoms with van der Waals surface area (Å²) in [6.45, 7) is 9.58. The largest absolute Gasteiger partial charge is 0.489 e. The molecule has 0 N–H and O–H groups in total. The number of nitrogens with zero attached hydrogens (tertiary/aromatic N) is 1. The second-order valence-corrected chi connectivity index (χ2v) is 16.2. The second kappa shape index (κ2) is 16.3. The highest BCUT2D eigenvalue weighted by molar-refractivity contribution is 5.89. The van der Waals surface area contributed by atoms with Crippen LogP contribution in [-0.4, -0.2) is 0 Å². The molecule has 8 aromatic carbocycles. The van der Waals surface area contributed by atoms with Crippen LogP contribution >= 0.6 is 0 Å². The van der Waals surface area contributed by atoms with Crippen LogP contribution in [-0.2, 0) is 12.0 Å². The number of anilines is 3. The first-order valence-electron chi connectivity index (χ1n) is 21.1. The van der Waals surface area contributed by atoms with Crippen molar-refractivity contribution in [2.45, 2.75) is 58.0 Å². The van der Waals surface area contributed by atoms with Crippen molar-refractivity contribution in [3.63, 3.8) is 0 Å². The summed E-state index contributed by atoms with van der Waals surface area (Å²) < 4.78 is 6.43. The third kappa shape index (κ3) is 7.14. The summed E-state index contributed by atoms with van der Waals surface area (Å²) in [6.07, 6.45) is 1.14. The lowest BCUT2D eigenvalue weighted by atomic mass is 9.67. The van der Waals surface area contributed by atoms with Crippen LogP contribution in [0.2, 0.25) is 0 Å². The van der Waals surface area contributed by atoms with Gasteiger partial charge >= 0.3 is 0 Å². The molecule has 2 atom stereocenters. The Balaban J connectivity index is 1.17. The van der Waals surface area contributed by atoms with Crippen molar-refractivity contribution < 1.29 is 4.74 Å². The Morgan fingerprint density at radius 2 is 1.02 bits per heavy atom. The minimum atomic E-state index is -0.568. The number of hydrogen-bond donors (Lipinski definition) is 0. The van der Waals surface area contributed by atoms with Gasteiger partial charge in [0, 0.05) is 17.1 Å². The van der Waals surface area contributed by atoms with Crippen LogP contribution in [0.15, 0.2) is 200 Å². The Labute approximate surface area is 350 Å². The van der Waals surface area contributed by atoms with Crippen molar-refractivity contribution in [1.82, 2.24) is 0 Å². The maximum Gasteiger partial charge on any atom is 0.119 e. The minimum Gasteiger partial charge on any atom is -0.489 e. The zero-order valence-corrected chi connectivity index (χ0v) is 34.5. The summed E-state index contributed by atoms with van der Waals surface area (Å²) in [4.78, 5) is 2.39. The quantitative estimate of drug-likeness (QED) is 0.123. The fourth-order valence-corrected chi connectivity index (χ4v) is 8.92. The Bertz CT molecular complexity index is 2650. The van der Waals surface area contributed by atoms with E-state index in [-0.39, 0.29) is 0 Å². The summed E-state index contributed by atoms with van der Waals surface area (Å²) in [5, 5.41) is 0. The molecule has 0 heterocycles. The third-order valence-electron chi connectivity index (χ3n) is 12.4. The lowest BCUT2D eigenvalue weighted by molar-refractivity contribution is 0.306. The van der Waals surface area contributed by atoms with E-state index in [4.69, 9.17) is 4.74 Å². The van der Waals surface area contributed by atoms with Gasteiger partial charge < -0.3 is 9.64 Å². The highest BCUT2D eigenvalue weighted by Crippen LogP contribution is 2.57. The monoisotopic (exact) mass is 765 g/mol. The van der Waals surface area contributed by atoms with Gasteiger partial charge in [0.15, 0.2) is 0 Å². The first-order chi connectivity index (χ1) is 28.9. The van der Waals surface area contributed by atoms with E-state index in [2.05, 4.69) is 233 Å². The van der Waals surface area contributed by atoms with Gasteiger partial charge in [-0.1, -0.05) is 179 Å². The normalized spacial score (nSPS) is 14.7. The third-order valence-corrected chi connectivity index (χ3v) is 12.4.